The Morgan fingerprint density at radius 3 is 2.09 bits per heavy atom. The number of benzene rings is 2. The third-order valence-corrected chi connectivity index (χ3v) is 3.86. The van der Waals surface area contributed by atoms with E-state index in [-0.39, 0.29) is 11.9 Å². The van der Waals surface area contributed by atoms with Gasteiger partial charge in [-0.25, -0.2) is 4.79 Å². The first-order chi connectivity index (χ1) is 10.7. The van der Waals surface area contributed by atoms with Gasteiger partial charge >= 0.3 is 6.03 Å². The highest BCUT2D eigenvalue weighted by Gasteiger charge is 2.37. The fourth-order valence-corrected chi connectivity index (χ4v) is 2.64. The minimum absolute atomic E-state index is 0.134. The van der Waals surface area contributed by atoms with Gasteiger partial charge in [-0.15, -0.1) is 0 Å². The number of urea groups is 1. The molecule has 1 N–H and O–H groups in total. The molecule has 3 amide bonds. The Bertz CT molecular complexity index is 655. The lowest BCUT2D eigenvalue weighted by atomic mass is 10.1. The number of imide groups is 1. The fraction of sp³-hybridized carbons (Fsp3) is 0.222. The number of amides is 3. The summed E-state index contributed by atoms with van der Waals surface area (Å²) in [4.78, 5) is 25.7. The van der Waals surface area contributed by atoms with Crippen molar-refractivity contribution in [2.45, 2.75) is 25.4 Å². The third-order valence-electron chi connectivity index (χ3n) is 3.86. The maximum atomic E-state index is 12.4. The number of nitrogens with one attached hydrogen (secondary N) is 1. The van der Waals surface area contributed by atoms with E-state index in [1.807, 2.05) is 60.7 Å². The summed E-state index contributed by atoms with van der Waals surface area (Å²) in [7, 11) is 0. The summed E-state index contributed by atoms with van der Waals surface area (Å²) in [6, 6.07) is 18.8. The van der Waals surface area contributed by atoms with Gasteiger partial charge in [0.2, 0.25) is 0 Å². The van der Waals surface area contributed by atoms with Crippen molar-refractivity contribution < 1.29 is 9.59 Å². The zero-order valence-electron chi connectivity index (χ0n) is 12.2. The molecular formula is C18H18N2O2. The first kappa shape index (κ1) is 14.3. The largest absolute Gasteiger partial charge is 0.326 e. The second-order valence-corrected chi connectivity index (χ2v) is 5.44. The molecule has 2 aromatic rings. The van der Waals surface area contributed by atoms with Crippen LogP contribution in [0.4, 0.5) is 4.79 Å². The van der Waals surface area contributed by atoms with Gasteiger partial charge < -0.3 is 5.32 Å². The lowest BCUT2D eigenvalue weighted by molar-refractivity contribution is -0.128. The fourth-order valence-electron chi connectivity index (χ4n) is 2.64. The molecule has 1 heterocycles. The van der Waals surface area contributed by atoms with Crippen LogP contribution in [0.25, 0.3) is 0 Å². The van der Waals surface area contributed by atoms with Gasteiger partial charge in [0.25, 0.3) is 5.91 Å². The second-order valence-electron chi connectivity index (χ2n) is 5.44. The lowest BCUT2D eigenvalue weighted by Gasteiger charge is -2.13. The zero-order valence-corrected chi connectivity index (χ0v) is 12.2. The molecule has 1 saturated heterocycles. The summed E-state index contributed by atoms with van der Waals surface area (Å²) in [6.45, 7) is 0.327. The van der Waals surface area contributed by atoms with Gasteiger partial charge in [0.1, 0.15) is 6.04 Å². The van der Waals surface area contributed by atoms with Crippen LogP contribution in [-0.2, 0) is 17.8 Å². The van der Waals surface area contributed by atoms with Gasteiger partial charge in [0.05, 0.1) is 6.54 Å². The van der Waals surface area contributed by atoms with Gasteiger partial charge in [-0.1, -0.05) is 60.7 Å². The summed E-state index contributed by atoms with van der Waals surface area (Å²) in [5, 5.41) is 2.78. The molecule has 0 saturated carbocycles. The molecule has 1 fully saturated rings. The first-order valence-corrected chi connectivity index (χ1v) is 7.44. The summed E-state index contributed by atoms with van der Waals surface area (Å²) < 4.78 is 0. The SMILES string of the molecule is O=C1N[C@@H](CCc2ccccc2)C(=O)N1Cc1ccccc1. The number of hydrogen-bond donors (Lipinski definition) is 1. The molecule has 3 rings (SSSR count). The summed E-state index contributed by atoms with van der Waals surface area (Å²) in [6.07, 6.45) is 1.40. The first-order valence-electron chi connectivity index (χ1n) is 7.44. The maximum Gasteiger partial charge on any atom is 0.325 e. The van der Waals surface area contributed by atoms with Crippen LogP contribution < -0.4 is 5.32 Å². The molecule has 4 nitrogen and oxygen atoms in total. The molecule has 22 heavy (non-hydrogen) atoms. The van der Waals surface area contributed by atoms with Gasteiger partial charge in [0, 0.05) is 0 Å². The minimum atomic E-state index is -0.420. The summed E-state index contributed by atoms with van der Waals surface area (Å²) >= 11 is 0. The Hall–Kier alpha value is -2.62. The van der Waals surface area contributed by atoms with Crippen LogP contribution >= 0.6 is 0 Å². The molecule has 0 bridgehead atoms. The highest BCUT2D eigenvalue weighted by atomic mass is 16.2. The van der Waals surface area contributed by atoms with E-state index in [4.69, 9.17) is 0 Å². The monoisotopic (exact) mass is 294 g/mol. The molecule has 0 aliphatic carbocycles. The van der Waals surface area contributed by atoms with Crippen LogP contribution in [0.15, 0.2) is 60.7 Å². The Labute approximate surface area is 129 Å². The van der Waals surface area contributed by atoms with Crippen LogP contribution in [0.1, 0.15) is 17.5 Å². The topological polar surface area (TPSA) is 49.4 Å². The Morgan fingerprint density at radius 1 is 0.864 bits per heavy atom. The maximum absolute atomic E-state index is 12.4. The normalized spacial score (nSPS) is 17.6. The number of hydrogen-bond acceptors (Lipinski definition) is 2. The predicted molar refractivity (Wildman–Crippen MR) is 84.1 cm³/mol. The summed E-state index contributed by atoms with van der Waals surface area (Å²) in [5.41, 5.74) is 2.13. The quantitative estimate of drug-likeness (QED) is 0.862. The molecule has 0 unspecified atom stereocenters. The smallest absolute Gasteiger partial charge is 0.325 e. The average Bonchev–Trinajstić information content (AvgIpc) is 2.82. The number of carbonyl (C=O) groups is 2. The van der Waals surface area contributed by atoms with Crippen LogP contribution in [-0.4, -0.2) is 22.9 Å². The molecule has 1 aliphatic heterocycles. The minimum Gasteiger partial charge on any atom is -0.326 e. The van der Waals surface area contributed by atoms with E-state index in [1.54, 1.807) is 0 Å². The lowest BCUT2D eigenvalue weighted by Crippen LogP contribution is -2.31. The van der Waals surface area contributed by atoms with E-state index < -0.39 is 6.04 Å². The third kappa shape index (κ3) is 3.17. The zero-order chi connectivity index (χ0) is 15.4. The van der Waals surface area contributed by atoms with Gasteiger partial charge in [-0.05, 0) is 24.0 Å². The van der Waals surface area contributed by atoms with Crippen molar-refractivity contribution >= 4 is 11.9 Å². The molecule has 2 aromatic carbocycles. The highest BCUT2D eigenvalue weighted by Crippen LogP contribution is 2.15. The van der Waals surface area contributed by atoms with Crippen molar-refractivity contribution in [1.82, 2.24) is 10.2 Å². The number of nitrogens with zero attached hydrogens (tertiary/aromatic N) is 1. The molecule has 112 valence electrons. The Morgan fingerprint density at radius 2 is 1.45 bits per heavy atom. The Kier molecular flexibility index (Phi) is 4.19. The van der Waals surface area contributed by atoms with E-state index in [0.29, 0.717) is 13.0 Å². The van der Waals surface area contributed by atoms with Crippen molar-refractivity contribution in [3.05, 3.63) is 71.8 Å². The van der Waals surface area contributed by atoms with Crippen LogP contribution in [0.5, 0.6) is 0 Å². The molecule has 0 spiro atoms. The Balaban J connectivity index is 1.61. The van der Waals surface area contributed by atoms with Crippen LogP contribution in [0.3, 0.4) is 0 Å². The van der Waals surface area contributed by atoms with Crippen molar-refractivity contribution in [2.75, 3.05) is 0 Å². The molecule has 0 aromatic heterocycles. The molecule has 1 aliphatic rings. The second kappa shape index (κ2) is 6.43. The van der Waals surface area contributed by atoms with Crippen molar-refractivity contribution in [3.63, 3.8) is 0 Å². The molecular weight excluding hydrogens is 276 g/mol. The summed E-state index contributed by atoms with van der Waals surface area (Å²) in [5.74, 6) is -0.134. The highest BCUT2D eigenvalue weighted by molar-refractivity contribution is 6.04. The van der Waals surface area contributed by atoms with Crippen LogP contribution in [0.2, 0.25) is 0 Å². The number of rotatable bonds is 5. The molecule has 0 radical (unpaired) electrons. The van der Waals surface area contributed by atoms with E-state index >= 15 is 0 Å². The van der Waals surface area contributed by atoms with Crippen molar-refractivity contribution in [1.29, 1.82) is 0 Å². The molecule has 1 atom stereocenters. The number of aryl methyl sites for hydroxylation is 1. The van der Waals surface area contributed by atoms with Gasteiger partial charge in [0.15, 0.2) is 0 Å². The van der Waals surface area contributed by atoms with Gasteiger partial charge in [-0.2, -0.15) is 0 Å². The van der Waals surface area contributed by atoms with E-state index in [9.17, 15) is 9.59 Å². The average molecular weight is 294 g/mol. The van der Waals surface area contributed by atoms with Crippen LogP contribution in [0, 0.1) is 0 Å². The standard InChI is InChI=1S/C18H18N2O2/c21-17-16(12-11-14-7-3-1-4-8-14)19-18(22)20(17)13-15-9-5-2-6-10-15/h1-10,16H,11-13H2,(H,19,22)/t16-/m0/s1. The number of carbonyl (C=O) groups excluding carboxylic acids is 2. The van der Waals surface area contributed by atoms with Crippen molar-refractivity contribution in [2.24, 2.45) is 0 Å². The van der Waals surface area contributed by atoms with Gasteiger partial charge in [-0.3, -0.25) is 9.69 Å². The van der Waals surface area contributed by atoms with Crippen molar-refractivity contribution in [3.8, 4) is 0 Å². The predicted octanol–water partition coefficient (Wildman–Crippen LogP) is 2.74. The molecule has 4 heteroatoms. The van der Waals surface area contributed by atoms with E-state index in [2.05, 4.69) is 5.32 Å². The van der Waals surface area contributed by atoms with E-state index in [0.717, 1.165) is 12.0 Å². The van der Waals surface area contributed by atoms with E-state index in [1.165, 1.54) is 10.5 Å².